The van der Waals surface area contributed by atoms with Gasteiger partial charge in [-0.25, -0.2) is 0 Å². The predicted octanol–water partition coefficient (Wildman–Crippen LogP) is 2.77. The van der Waals surface area contributed by atoms with Crippen LogP contribution in [0.25, 0.3) is 10.9 Å². The summed E-state index contributed by atoms with van der Waals surface area (Å²) in [6, 6.07) is 10.4. The Morgan fingerprint density at radius 2 is 2.10 bits per heavy atom. The number of likely N-dealkylation sites (N-methyl/N-ethyl adjacent to an activating group) is 1. The number of pyridine rings is 1. The van der Waals surface area contributed by atoms with E-state index in [-0.39, 0.29) is 12.2 Å². The molecule has 1 fully saturated rings. The Kier molecular flexibility index (Phi) is 4.36. The van der Waals surface area contributed by atoms with Crippen LogP contribution in [-0.4, -0.2) is 36.4 Å². The fourth-order valence-corrected chi connectivity index (χ4v) is 2.91. The molecule has 3 rings (SSSR count). The van der Waals surface area contributed by atoms with Gasteiger partial charge in [0.15, 0.2) is 0 Å². The molecule has 4 nitrogen and oxygen atoms in total. The third-order valence-electron chi connectivity index (χ3n) is 3.95. The smallest absolute Gasteiger partial charge is 0.146 e. The summed E-state index contributed by atoms with van der Waals surface area (Å²) in [6.45, 7) is 5.81. The molecule has 3 atom stereocenters. The Morgan fingerprint density at radius 1 is 1.24 bits per heavy atom. The number of fused-ring (bicyclic) bond motifs is 1. The van der Waals surface area contributed by atoms with Crippen LogP contribution < -0.4 is 10.1 Å². The van der Waals surface area contributed by atoms with Gasteiger partial charge >= 0.3 is 0 Å². The lowest BCUT2D eigenvalue weighted by Crippen LogP contribution is -2.61. The molecule has 1 aromatic heterocycles. The van der Waals surface area contributed by atoms with Gasteiger partial charge in [0.1, 0.15) is 23.5 Å². The van der Waals surface area contributed by atoms with Crippen molar-refractivity contribution in [1.29, 1.82) is 0 Å². The van der Waals surface area contributed by atoms with Crippen molar-refractivity contribution in [3.05, 3.63) is 36.5 Å². The maximum atomic E-state index is 6.18. The van der Waals surface area contributed by atoms with Crippen LogP contribution in [0.3, 0.4) is 0 Å². The van der Waals surface area contributed by atoms with E-state index in [1.807, 2.05) is 25.1 Å². The predicted molar refractivity (Wildman–Crippen MR) is 83.7 cm³/mol. The molecule has 0 radical (unpaired) electrons. The topological polar surface area (TPSA) is 43.4 Å². The molecule has 2 aromatic rings. The van der Waals surface area contributed by atoms with Gasteiger partial charge < -0.3 is 14.8 Å². The first-order valence-electron chi connectivity index (χ1n) is 7.68. The van der Waals surface area contributed by atoms with E-state index in [2.05, 4.69) is 29.4 Å². The van der Waals surface area contributed by atoms with Crippen molar-refractivity contribution in [2.75, 3.05) is 13.2 Å². The number of aromatic nitrogens is 1. The van der Waals surface area contributed by atoms with Crippen molar-refractivity contribution < 1.29 is 9.47 Å². The molecule has 0 aliphatic heterocycles. The molecular formula is C17H22N2O2. The average molecular weight is 286 g/mol. The molecule has 0 saturated heterocycles. The standard InChI is InChI=1S/C17H22N2O2/c1-3-18-13-11-15(17(13)20-4-2)21-14-9-5-7-12-8-6-10-19-16(12)14/h5-10,13,15,17-18H,3-4,11H2,1-2H3. The molecular weight excluding hydrogens is 264 g/mol. The number of hydrogen-bond acceptors (Lipinski definition) is 4. The Morgan fingerprint density at radius 3 is 2.90 bits per heavy atom. The highest BCUT2D eigenvalue weighted by Gasteiger charge is 2.43. The molecule has 112 valence electrons. The number of hydrogen-bond donors (Lipinski definition) is 1. The first-order valence-corrected chi connectivity index (χ1v) is 7.68. The summed E-state index contributed by atoms with van der Waals surface area (Å²) in [7, 11) is 0. The van der Waals surface area contributed by atoms with Gasteiger partial charge in [-0.05, 0) is 25.6 Å². The Balaban J connectivity index is 1.76. The Bertz CT molecular complexity index is 597. The lowest BCUT2D eigenvalue weighted by molar-refractivity contribution is -0.103. The van der Waals surface area contributed by atoms with E-state index < -0.39 is 0 Å². The van der Waals surface area contributed by atoms with Crippen molar-refractivity contribution in [2.24, 2.45) is 0 Å². The SMILES string of the molecule is CCNC1CC(Oc2cccc3cccnc23)C1OCC. The number of ether oxygens (including phenoxy) is 2. The van der Waals surface area contributed by atoms with E-state index in [1.165, 1.54) is 0 Å². The molecule has 3 unspecified atom stereocenters. The van der Waals surface area contributed by atoms with Crippen LogP contribution in [0.15, 0.2) is 36.5 Å². The van der Waals surface area contributed by atoms with E-state index in [9.17, 15) is 0 Å². The summed E-state index contributed by atoms with van der Waals surface area (Å²) in [6.07, 6.45) is 3.00. The lowest BCUT2D eigenvalue weighted by Gasteiger charge is -2.44. The highest BCUT2D eigenvalue weighted by atomic mass is 16.5. The van der Waals surface area contributed by atoms with Gasteiger partial charge in [0.05, 0.1) is 0 Å². The van der Waals surface area contributed by atoms with Gasteiger partial charge in [-0.2, -0.15) is 0 Å². The second kappa shape index (κ2) is 6.41. The largest absolute Gasteiger partial charge is 0.485 e. The number of para-hydroxylation sites is 1. The third-order valence-corrected chi connectivity index (χ3v) is 3.95. The van der Waals surface area contributed by atoms with Gasteiger partial charge in [0, 0.05) is 30.7 Å². The number of nitrogens with zero attached hydrogens (tertiary/aromatic N) is 1. The van der Waals surface area contributed by atoms with Gasteiger partial charge in [-0.1, -0.05) is 25.1 Å². The van der Waals surface area contributed by atoms with Crippen molar-refractivity contribution >= 4 is 10.9 Å². The zero-order chi connectivity index (χ0) is 14.7. The van der Waals surface area contributed by atoms with Crippen LogP contribution in [0, 0.1) is 0 Å². The molecule has 0 spiro atoms. The minimum atomic E-state index is 0.0987. The van der Waals surface area contributed by atoms with Crippen LogP contribution in [0.2, 0.25) is 0 Å². The molecule has 1 saturated carbocycles. The van der Waals surface area contributed by atoms with Crippen molar-refractivity contribution in [3.63, 3.8) is 0 Å². The number of rotatable bonds is 6. The third kappa shape index (κ3) is 2.87. The van der Waals surface area contributed by atoms with Crippen molar-refractivity contribution in [2.45, 2.75) is 38.5 Å². The summed E-state index contributed by atoms with van der Waals surface area (Å²) >= 11 is 0. The fraction of sp³-hybridized carbons (Fsp3) is 0.471. The van der Waals surface area contributed by atoms with Gasteiger partial charge in [0.25, 0.3) is 0 Å². The van der Waals surface area contributed by atoms with Gasteiger partial charge in [-0.3, -0.25) is 4.98 Å². The molecule has 0 amide bonds. The van der Waals surface area contributed by atoms with E-state index in [0.29, 0.717) is 12.6 Å². The molecule has 4 heteroatoms. The highest BCUT2D eigenvalue weighted by Crippen LogP contribution is 2.32. The van der Waals surface area contributed by atoms with Crippen LogP contribution in [0.4, 0.5) is 0 Å². The number of benzene rings is 1. The molecule has 1 aromatic carbocycles. The van der Waals surface area contributed by atoms with E-state index >= 15 is 0 Å². The molecule has 1 N–H and O–H groups in total. The average Bonchev–Trinajstić information content (AvgIpc) is 2.52. The van der Waals surface area contributed by atoms with Crippen molar-refractivity contribution in [1.82, 2.24) is 10.3 Å². The first-order chi connectivity index (χ1) is 10.3. The Labute approximate surface area is 125 Å². The van der Waals surface area contributed by atoms with Crippen LogP contribution in [0.1, 0.15) is 20.3 Å². The maximum Gasteiger partial charge on any atom is 0.146 e. The number of nitrogens with one attached hydrogen (secondary N) is 1. The van der Waals surface area contributed by atoms with Gasteiger partial charge in [0.2, 0.25) is 0 Å². The zero-order valence-corrected chi connectivity index (χ0v) is 12.6. The zero-order valence-electron chi connectivity index (χ0n) is 12.6. The molecule has 21 heavy (non-hydrogen) atoms. The first kappa shape index (κ1) is 14.3. The maximum absolute atomic E-state index is 6.18. The summed E-state index contributed by atoms with van der Waals surface area (Å²) in [5, 5.41) is 4.55. The van der Waals surface area contributed by atoms with Crippen molar-refractivity contribution in [3.8, 4) is 5.75 Å². The summed E-state index contributed by atoms with van der Waals surface area (Å²) in [5.74, 6) is 0.845. The second-order valence-electron chi connectivity index (χ2n) is 5.31. The summed E-state index contributed by atoms with van der Waals surface area (Å²) in [4.78, 5) is 4.44. The molecule has 1 heterocycles. The summed E-state index contributed by atoms with van der Waals surface area (Å²) < 4.78 is 12.0. The molecule has 1 aliphatic rings. The van der Waals surface area contributed by atoms with E-state index in [0.717, 1.165) is 29.6 Å². The molecule has 1 aliphatic carbocycles. The lowest BCUT2D eigenvalue weighted by atomic mass is 9.85. The fourth-order valence-electron chi connectivity index (χ4n) is 2.91. The van der Waals surface area contributed by atoms with E-state index in [1.54, 1.807) is 6.20 Å². The second-order valence-corrected chi connectivity index (χ2v) is 5.31. The molecule has 0 bridgehead atoms. The normalized spacial score (nSPS) is 24.8. The highest BCUT2D eigenvalue weighted by molar-refractivity contribution is 5.84. The monoisotopic (exact) mass is 286 g/mol. The minimum absolute atomic E-state index is 0.0987. The van der Waals surface area contributed by atoms with Crippen LogP contribution in [-0.2, 0) is 4.74 Å². The summed E-state index contributed by atoms with van der Waals surface area (Å²) in [5.41, 5.74) is 0.919. The van der Waals surface area contributed by atoms with Crippen LogP contribution in [0.5, 0.6) is 5.75 Å². The van der Waals surface area contributed by atoms with E-state index in [4.69, 9.17) is 9.47 Å². The minimum Gasteiger partial charge on any atom is -0.485 e. The van der Waals surface area contributed by atoms with Crippen LogP contribution >= 0.6 is 0 Å². The Hall–Kier alpha value is -1.65. The quantitative estimate of drug-likeness (QED) is 0.887. The van der Waals surface area contributed by atoms with Gasteiger partial charge in [-0.15, -0.1) is 0 Å².